The molecule has 0 saturated carbocycles. The number of amides is 1. The van der Waals surface area contributed by atoms with Gasteiger partial charge in [0, 0.05) is 25.1 Å². The number of alkyl halides is 2. The van der Waals surface area contributed by atoms with Crippen LogP contribution >= 0.6 is 0 Å². The molecule has 1 atom stereocenters. The molecule has 0 unspecified atom stereocenters. The van der Waals surface area contributed by atoms with E-state index in [1.807, 2.05) is 24.3 Å². The lowest BCUT2D eigenvalue weighted by Gasteiger charge is -2.32. The fraction of sp³-hybridized carbons (Fsp3) is 0.333. The number of nitrogens with one attached hydrogen (secondary N) is 1. The lowest BCUT2D eigenvalue weighted by molar-refractivity contribution is -0.385. The van der Waals surface area contributed by atoms with Crippen LogP contribution in [0.5, 0.6) is 11.5 Å². The minimum atomic E-state index is -3.20. The van der Waals surface area contributed by atoms with Gasteiger partial charge in [-0.1, -0.05) is 12.1 Å². The van der Waals surface area contributed by atoms with Crippen LogP contribution in [0.2, 0.25) is 0 Å². The molecule has 9 nitrogen and oxygen atoms in total. The predicted molar refractivity (Wildman–Crippen MR) is 110 cm³/mol. The number of likely N-dealkylation sites (tertiary alicyclic amines) is 1. The maximum absolute atomic E-state index is 13.2. The fourth-order valence-electron chi connectivity index (χ4n) is 3.94. The molecular weight excluding hydrogens is 426 g/mol. The molecule has 11 heteroatoms. The van der Waals surface area contributed by atoms with Crippen LogP contribution in [0.3, 0.4) is 0 Å². The predicted octanol–water partition coefficient (Wildman–Crippen LogP) is 4.10. The van der Waals surface area contributed by atoms with Crippen molar-refractivity contribution in [1.29, 1.82) is 0 Å². The largest absolute Gasteiger partial charge is 0.493 e. The normalized spacial score (nSPS) is 16.4. The van der Waals surface area contributed by atoms with Gasteiger partial charge < -0.3 is 19.4 Å². The number of benzene rings is 2. The number of aromatic amines is 1. The number of imidazole rings is 1. The number of nitro benzene ring substituents is 1. The number of rotatable bonds is 6. The summed E-state index contributed by atoms with van der Waals surface area (Å²) in [4.78, 5) is 33.4. The lowest BCUT2D eigenvalue weighted by Crippen LogP contribution is -2.39. The number of ether oxygens (including phenoxy) is 2. The van der Waals surface area contributed by atoms with Crippen molar-refractivity contribution in [3.8, 4) is 11.5 Å². The quantitative estimate of drug-likeness (QED) is 0.451. The molecule has 2 aromatic carbocycles. The Morgan fingerprint density at radius 1 is 1.31 bits per heavy atom. The first kappa shape index (κ1) is 21.5. The van der Waals surface area contributed by atoms with Crippen LogP contribution < -0.4 is 9.47 Å². The molecule has 4 rings (SSSR count). The van der Waals surface area contributed by atoms with Gasteiger partial charge in [-0.15, -0.1) is 0 Å². The number of carbonyl (C=O) groups excluding carboxylic acids is 1. The molecule has 1 N–H and O–H groups in total. The first-order valence-electron chi connectivity index (χ1n) is 9.92. The second kappa shape index (κ2) is 8.77. The number of H-pyrrole nitrogens is 1. The molecule has 1 saturated heterocycles. The van der Waals surface area contributed by atoms with Gasteiger partial charge in [0.15, 0.2) is 11.5 Å². The average molecular weight is 446 g/mol. The van der Waals surface area contributed by atoms with Gasteiger partial charge in [0.25, 0.3) is 11.6 Å². The second-order valence-electron chi connectivity index (χ2n) is 7.39. The van der Waals surface area contributed by atoms with Crippen molar-refractivity contribution in [3.63, 3.8) is 0 Å². The highest BCUT2D eigenvalue weighted by Crippen LogP contribution is 2.37. The van der Waals surface area contributed by atoms with Crippen molar-refractivity contribution >= 4 is 22.6 Å². The topological polar surface area (TPSA) is 111 Å². The third-order valence-corrected chi connectivity index (χ3v) is 5.43. The van der Waals surface area contributed by atoms with Gasteiger partial charge in [0.1, 0.15) is 11.4 Å². The summed E-state index contributed by atoms with van der Waals surface area (Å²) in [6.45, 7) is -2.48. The highest BCUT2D eigenvalue weighted by molar-refractivity contribution is 5.99. The van der Waals surface area contributed by atoms with E-state index in [2.05, 4.69) is 14.7 Å². The Morgan fingerprint density at radius 3 is 2.78 bits per heavy atom. The number of piperidine rings is 1. The number of carbonyl (C=O) groups is 1. The van der Waals surface area contributed by atoms with Crippen molar-refractivity contribution < 1.29 is 28.0 Å². The summed E-state index contributed by atoms with van der Waals surface area (Å²) in [7, 11) is 1.20. The van der Waals surface area contributed by atoms with Gasteiger partial charge in [-0.25, -0.2) is 4.98 Å². The third kappa shape index (κ3) is 4.18. The number of hydrogen-bond acceptors (Lipinski definition) is 6. The Bertz CT molecular complexity index is 1130. The molecule has 32 heavy (non-hydrogen) atoms. The van der Waals surface area contributed by atoms with Crippen molar-refractivity contribution in [2.75, 3.05) is 20.2 Å². The summed E-state index contributed by atoms with van der Waals surface area (Å²) >= 11 is 0. The Morgan fingerprint density at radius 2 is 2.09 bits per heavy atom. The maximum Gasteiger partial charge on any atom is 0.387 e. The highest BCUT2D eigenvalue weighted by Gasteiger charge is 2.32. The molecule has 1 fully saturated rings. The van der Waals surface area contributed by atoms with E-state index in [-0.39, 0.29) is 17.2 Å². The number of nitro groups is 1. The van der Waals surface area contributed by atoms with Gasteiger partial charge in [-0.3, -0.25) is 14.9 Å². The van der Waals surface area contributed by atoms with E-state index in [0.29, 0.717) is 19.5 Å². The zero-order valence-corrected chi connectivity index (χ0v) is 17.1. The monoisotopic (exact) mass is 446 g/mol. The number of methoxy groups -OCH3 is 1. The van der Waals surface area contributed by atoms with Crippen LogP contribution in [0.25, 0.3) is 11.0 Å². The standard InChI is InChI=1S/C21H20F2N4O5/c1-31-17-9-13(16(27(29)30)10-18(17)32-21(22)23)20(28)26-8-4-5-12(11-26)19-24-14-6-2-3-7-15(14)25-19/h2-3,6-7,9-10,12,21H,4-5,8,11H2,1H3,(H,24,25)/t12-/m1/s1. The lowest BCUT2D eigenvalue weighted by atomic mass is 9.96. The third-order valence-electron chi connectivity index (χ3n) is 5.43. The molecule has 168 valence electrons. The molecule has 1 aliphatic heterocycles. The van der Waals surface area contributed by atoms with Gasteiger partial charge in [0.05, 0.1) is 29.1 Å². The first-order chi connectivity index (χ1) is 15.4. The Kier molecular flexibility index (Phi) is 5.89. The van der Waals surface area contributed by atoms with Gasteiger partial charge >= 0.3 is 6.61 Å². The fourth-order valence-corrected chi connectivity index (χ4v) is 3.94. The smallest absolute Gasteiger partial charge is 0.387 e. The molecular formula is C21H20F2N4O5. The summed E-state index contributed by atoms with van der Waals surface area (Å²) in [5, 5.41) is 11.6. The van der Waals surface area contributed by atoms with Crippen molar-refractivity contribution in [2.24, 2.45) is 0 Å². The number of para-hydroxylation sites is 2. The summed E-state index contributed by atoms with van der Waals surface area (Å²) in [6.07, 6.45) is 1.49. The first-order valence-corrected chi connectivity index (χ1v) is 9.92. The average Bonchev–Trinajstić information content (AvgIpc) is 3.22. The minimum Gasteiger partial charge on any atom is -0.493 e. The van der Waals surface area contributed by atoms with E-state index in [9.17, 15) is 23.7 Å². The second-order valence-corrected chi connectivity index (χ2v) is 7.39. The van der Waals surface area contributed by atoms with E-state index >= 15 is 0 Å². The van der Waals surface area contributed by atoms with Crippen LogP contribution in [0, 0.1) is 10.1 Å². The van der Waals surface area contributed by atoms with Gasteiger partial charge in [-0.05, 0) is 25.0 Å². The van der Waals surface area contributed by atoms with Crippen molar-refractivity contribution in [2.45, 2.75) is 25.4 Å². The molecule has 1 aromatic heterocycles. The highest BCUT2D eigenvalue weighted by atomic mass is 19.3. The van der Waals surface area contributed by atoms with Crippen molar-refractivity contribution in [3.05, 3.63) is 57.9 Å². The maximum atomic E-state index is 13.2. The van der Waals surface area contributed by atoms with Crippen LogP contribution in [-0.4, -0.2) is 52.5 Å². The zero-order chi connectivity index (χ0) is 22.8. The zero-order valence-electron chi connectivity index (χ0n) is 17.1. The van der Waals surface area contributed by atoms with Crippen LogP contribution in [0.4, 0.5) is 14.5 Å². The molecule has 1 aliphatic rings. The number of aromatic nitrogens is 2. The van der Waals surface area contributed by atoms with Crippen LogP contribution in [0.15, 0.2) is 36.4 Å². The SMILES string of the molecule is COc1cc(C(=O)N2CCC[C@@H](c3nc4ccccc4[nH]3)C2)c([N+](=O)[O-])cc1OC(F)F. The summed E-state index contributed by atoms with van der Waals surface area (Å²) in [5.41, 5.74) is 0.831. The van der Waals surface area contributed by atoms with E-state index in [1.165, 1.54) is 12.0 Å². The van der Waals surface area contributed by atoms with Gasteiger partial charge in [0.2, 0.25) is 0 Å². The molecule has 0 radical (unpaired) electrons. The van der Waals surface area contributed by atoms with E-state index < -0.39 is 28.9 Å². The van der Waals surface area contributed by atoms with Crippen LogP contribution in [-0.2, 0) is 0 Å². The molecule has 2 heterocycles. The Hall–Kier alpha value is -3.76. The number of halogens is 2. The number of fused-ring (bicyclic) bond motifs is 1. The summed E-state index contributed by atoms with van der Waals surface area (Å²) in [6, 6.07) is 9.45. The van der Waals surface area contributed by atoms with Gasteiger partial charge in [-0.2, -0.15) is 8.78 Å². The van der Waals surface area contributed by atoms with E-state index in [4.69, 9.17) is 4.74 Å². The molecule has 3 aromatic rings. The van der Waals surface area contributed by atoms with Crippen molar-refractivity contribution in [1.82, 2.24) is 14.9 Å². The van der Waals surface area contributed by atoms with Crippen LogP contribution in [0.1, 0.15) is 34.9 Å². The van der Waals surface area contributed by atoms with E-state index in [0.717, 1.165) is 35.4 Å². The summed E-state index contributed by atoms with van der Waals surface area (Å²) in [5.74, 6) is -0.604. The number of nitrogens with zero attached hydrogens (tertiary/aromatic N) is 3. The van der Waals surface area contributed by atoms with E-state index in [1.54, 1.807) is 0 Å². The molecule has 1 amide bonds. The minimum absolute atomic E-state index is 0.0671. The Labute approximate surface area is 181 Å². The molecule has 0 bridgehead atoms. The Balaban J connectivity index is 1.63. The summed E-state index contributed by atoms with van der Waals surface area (Å²) < 4.78 is 34.7. The number of hydrogen-bond donors (Lipinski definition) is 1. The molecule has 0 aliphatic carbocycles. The molecule has 0 spiro atoms.